The lowest BCUT2D eigenvalue weighted by Gasteiger charge is -2.34. The van der Waals surface area contributed by atoms with Crippen molar-refractivity contribution in [1.29, 1.82) is 0 Å². The fourth-order valence-corrected chi connectivity index (χ4v) is 2.11. The van der Waals surface area contributed by atoms with Crippen LogP contribution in [0, 0.1) is 13.8 Å². The van der Waals surface area contributed by atoms with E-state index in [-0.39, 0.29) is 0 Å². The molecule has 98 valence electrons. The van der Waals surface area contributed by atoms with Gasteiger partial charge in [0.1, 0.15) is 5.75 Å². The lowest BCUT2D eigenvalue weighted by atomic mass is 9.94. The number of rotatable bonds is 3. The average Bonchev–Trinajstić information content (AvgIpc) is 2.36. The molecule has 0 aromatic heterocycles. The summed E-state index contributed by atoms with van der Waals surface area (Å²) in [7, 11) is 0. The Morgan fingerprint density at radius 2 is 2.00 bits per heavy atom. The normalized spacial score (nSPS) is 18.3. The number of carbonyl (C=O) groups is 1. The van der Waals surface area contributed by atoms with Crippen LogP contribution in [0.25, 0.3) is 0 Å². The molecule has 1 heterocycles. The molecule has 2 rings (SSSR count). The summed E-state index contributed by atoms with van der Waals surface area (Å²) in [4.78, 5) is 11.5. The van der Waals surface area contributed by atoms with Crippen LogP contribution in [0.15, 0.2) is 18.2 Å². The predicted octanol–water partition coefficient (Wildman–Crippen LogP) is 2.32. The maximum absolute atomic E-state index is 11.5. The van der Waals surface area contributed by atoms with Crippen LogP contribution in [0.4, 0.5) is 0 Å². The summed E-state index contributed by atoms with van der Waals surface area (Å²) in [6.07, 6.45) is 0.769. The van der Waals surface area contributed by atoms with Crippen molar-refractivity contribution < 1.29 is 19.4 Å². The first kappa shape index (κ1) is 12.9. The molecule has 1 aromatic carbocycles. The standard InChI is InChI=1S/C14H18O4/c1-10-4-3-5-12(11(10)2)18-14(13(15)16)6-8-17-9-7-14/h3-5H,6-9H2,1-2H3,(H,15,16). The summed E-state index contributed by atoms with van der Waals surface area (Å²) in [5.41, 5.74) is 0.946. The van der Waals surface area contributed by atoms with Crippen molar-refractivity contribution in [2.45, 2.75) is 32.3 Å². The number of aliphatic carboxylic acids is 1. The number of hydrogen-bond acceptors (Lipinski definition) is 3. The average molecular weight is 250 g/mol. The maximum Gasteiger partial charge on any atom is 0.348 e. The quantitative estimate of drug-likeness (QED) is 0.894. The smallest absolute Gasteiger partial charge is 0.348 e. The first-order valence-electron chi connectivity index (χ1n) is 6.11. The molecule has 0 atom stereocenters. The van der Waals surface area contributed by atoms with Crippen LogP contribution < -0.4 is 4.74 Å². The minimum atomic E-state index is -1.14. The Morgan fingerprint density at radius 3 is 2.61 bits per heavy atom. The van der Waals surface area contributed by atoms with Crippen molar-refractivity contribution in [3.63, 3.8) is 0 Å². The number of hydrogen-bond donors (Lipinski definition) is 1. The highest BCUT2D eigenvalue weighted by molar-refractivity contribution is 5.78. The number of benzene rings is 1. The van der Waals surface area contributed by atoms with E-state index in [2.05, 4.69) is 0 Å². The summed E-state index contributed by atoms with van der Waals surface area (Å²) in [5, 5.41) is 9.43. The zero-order valence-electron chi connectivity index (χ0n) is 10.7. The van der Waals surface area contributed by atoms with Gasteiger partial charge in [-0.25, -0.2) is 4.79 Å². The minimum Gasteiger partial charge on any atom is -0.478 e. The molecule has 4 heteroatoms. The molecule has 18 heavy (non-hydrogen) atoms. The summed E-state index contributed by atoms with van der Waals surface area (Å²) >= 11 is 0. The molecule has 1 fully saturated rings. The van der Waals surface area contributed by atoms with E-state index in [0.29, 0.717) is 31.8 Å². The predicted molar refractivity (Wildman–Crippen MR) is 67.0 cm³/mol. The van der Waals surface area contributed by atoms with Gasteiger partial charge in [-0.2, -0.15) is 0 Å². The molecule has 1 aromatic rings. The molecule has 0 bridgehead atoms. The third kappa shape index (κ3) is 2.34. The van der Waals surface area contributed by atoms with E-state index in [1.807, 2.05) is 32.0 Å². The molecule has 0 amide bonds. The molecule has 0 spiro atoms. The number of ether oxygens (including phenoxy) is 2. The largest absolute Gasteiger partial charge is 0.478 e. The second kappa shape index (κ2) is 4.98. The fourth-order valence-electron chi connectivity index (χ4n) is 2.11. The molecule has 1 N–H and O–H groups in total. The molecule has 1 aliphatic heterocycles. The topological polar surface area (TPSA) is 55.8 Å². The Kier molecular flexibility index (Phi) is 3.57. The van der Waals surface area contributed by atoms with E-state index >= 15 is 0 Å². The summed E-state index contributed by atoms with van der Waals surface area (Å²) < 4.78 is 11.1. The molecule has 4 nitrogen and oxygen atoms in total. The van der Waals surface area contributed by atoms with E-state index in [0.717, 1.165) is 11.1 Å². The second-order valence-corrected chi connectivity index (χ2v) is 4.71. The Labute approximate surface area is 107 Å². The molecule has 0 aliphatic carbocycles. The van der Waals surface area contributed by atoms with Crippen LogP contribution in [-0.2, 0) is 9.53 Å². The van der Waals surface area contributed by atoms with E-state index in [9.17, 15) is 9.90 Å². The first-order chi connectivity index (χ1) is 8.55. The molecular formula is C14H18O4. The highest BCUT2D eigenvalue weighted by Gasteiger charge is 2.43. The lowest BCUT2D eigenvalue weighted by molar-refractivity contribution is -0.163. The zero-order valence-corrected chi connectivity index (χ0v) is 10.7. The fraction of sp³-hybridized carbons (Fsp3) is 0.500. The van der Waals surface area contributed by atoms with Gasteiger partial charge in [-0.1, -0.05) is 12.1 Å². The summed E-state index contributed by atoms with van der Waals surface area (Å²) in [5.74, 6) is -0.258. The summed E-state index contributed by atoms with van der Waals surface area (Å²) in [6, 6.07) is 5.69. The Balaban J connectivity index is 2.29. The van der Waals surface area contributed by atoms with Crippen LogP contribution in [0.1, 0.15) is 24.0 Å². The number of aryl methyl sites for hydroxylation is 1. The van der Waals surface area contributed by atoms with Crippen molar-refractivity contribution in [3.8, 4) is 5.75 Å². The third-order valence-corrected chi connectivity index (χ3v) is 3.55. The maximum atomic E-state index is 11.5. The minimum absolute atomic E-state index is 0.385. The zero-order chi connectivity index (χ0) is 13.2. The van der Waals surface area contributed by atoms with E-state index in [1.54, 1.807) is 0 Å². The highest BCUT2D eigenvalue weighted by atomic mass is 16.5. The van der Waals surface area contributed by atoms with Crippen molar-refractivity contribution in [2.75, 3.05) is 13.2 Å². The lowest BCUT2D eigenvalue weighted by Crippen LogP contribution is -2.49. The van der Waals surface area contributed by atoms with Crippen LogP contribution in [0.5, 0.6) is 5.75 Å². The van der Waals surface area contributed by atoms with E-state index in [4.69, 9.17) is 9.47 Å². The third-order valence-electron chi connectivity index (χ3n) is 3.55. The molecule has 0 radical (unpaired) electrons. The molecule has 0 saturated carbocycles. The Bertz CT molecular complexity index is 447. The Morgan fingerprint density at radius 1 is 1.33 bits per heavy atom. The monoisotopic (exact) mass is 250 g/mol. The van der Waals surface area contributed by atoms with Gasteiger partial charge in [0.05, 0.1) is 13.2 Å². The van der Waals surface area contributed by atoms with Crippen LogP contribution in [0.2, 0.25) is 0 Å². The van der Waals surface area contributed by atoms with Crippen molar-refractivity contribution in [3.05, 3.63) is 29.3 Å². The van der Waals surface area contributed by atoms with Crippen molar-refractivity contribution in [2.24, 2.45) is 0 Å². The van der Waals surface area contributed by atoms with Gasteiger partial charge >= 0.3 is 5.97 Å². The van der Waals surface area contributed by atoms with Crippen molar-refractivity contribution >= 4 is 5.97 Å². The summed E-state index contributed by atoms with van der Waals surface area (Å²) in [6.45, 7) is 4.79. The van der Waals surface area contributed by atoms with Crippen LogP contribution in [-0.4, -0.2) is 29.9 Å². The van der Waals surface area contributed by atoms with Crippen LogP contribution in [0.3, 0.4) is 0 Å². The Hall–Kier alpha value is -1.55. The van der Waals surface area contributed by atoms with Crippen LogP contribution >= 0.6 is 0 Å². The van der Waals surface area contributed by atoms with Crippen molar-refractivity contribution in [1.82, 2.24) is 0 Å². The van der Waals surface area contributed by atoms with Gasteiger partial charge in [-0.05, 0) is 31.0 Å². The molecule has 1 aliphatic rings. The van der Waals surface area contributed by atoms with E-state index < -0.39 is 11.6 Å². The van der Waals surface area contributed by atoms with Gasteiger partial charge in [0, 0.05) is 12.8 Å². The SMILES string of the molecule is Cc1cccc(OC2(C(=O)O)CCOCC2)c1C. The molecule has 1 saturated heterocycles. The number of carboxylic acid groups (broad SMARTS) is 1. The van der Waals surface area contributed by atoms with Gasteiger partial charge in [0.25, 0.3) is 0 Å². The highest BCUT2D eigenvalue weighted by Crippen LogP contribution is 2.31. The van der Waals surface area contributed by atoms with E-state index in [1.165, 1.54) is 0 Å². The number of carboxylic acids is 1. The molecule has 0 unspecified atom stereocenters. The second-order valence-electron chi connectivity index (χ2n) is 4.71. The van der Waals surface area contributed by atoms with Gasteiger partial charge in [0.2, 0.25) is 5.60 Å². The van der Waals surface area contributed by atoms with Gasteiger partial charge in [-0.15, -0.1) is 0 Å². The van der Waals surface area contributed by atoms with Gasteiger partial charge in [0.15, 0.2) is 0 Å². The van der Waals surface area contributed by atoms with Gasteiger partial charge < -0.3 is 14.6 Å². The first-order valence-corrected chi connectivity index (χ1v) is 6.11. The van der Waals surface area contributed by atoms with Gasteiger partial charge in [-0.3, -0.25) is 0 Å². The molecular weight excluding hydrogens is 232 g/mol.